The van der Waals surface area contributed by atoms with Gasteiger partial charge >= 0.3 is 0 Å². The number of thioether (sulfide) groups is 1. The van der Waals surface area contributed by atoms with Crippen LogP contribution in [0.15, 0.2) is 53.4 Å². The molecule has 0 spiro atoms. The Morgan fingerprint density at radius 2 is 1.83 bits per heavy atom. The topological polar surface area (TPSA) is 38.3 Å². The lowest BCUT2D eigenvalue weighted by molar-refractivity contribution is -0.128. The largest absolute Gasteiger partial charge is 0.480 e. The van der Waals surface area contributed by atoms with Crippen LogP contribution < -0.4 is 10.1 Å². The quantitative estimate of drug-likeness (QED) is 0.571. The smallest absolute Gasteiger partial charge is 0.261 e. The molecule has 24 heavy (non-hydrogen) atoms. The van der Waals surface area contributed by atoms with Gasteiger partial charge in [0.1, 0.15) is 5.75 Å². The van der Waals surface area contributed by atoms with Crippen LogP contribution in [0.1, 0.15) is 24.5 Å². The maximum atomic E-state index is 12.3. The highest BCUT2D eigenvalue weighted by atomic mass is 32.2. The summed E-state index contributed by atoms with van der Waals surface area (Å²) in [5, 5.41) is 2.97. The minimum Gasteiger partial charge on any atom is -0.480 e. The van der Waals surface area contributed by atoms with Crippen molar-refractivity contribution in [3.05, 3.63) is 59.7 Å². The first-order valence-corrected chi connectivity index (χ1v) is 9.28. The van der Waals surface area contributed by atoms with Crippen molar-refractivity contribution < 1.29 is 9.53 Å². The molecule has 128 valence electrons. The van der Waals surface area contributed by atoms with E-state index in [4.69, 9.17) is 4.74 Å². The first-order valence-electron chi connectivity index (χ1n) is 8.29. The predicted molar refractivity (Wildman–Crippen MR) is 101 cm³/mol. The summed E-state index contributed by atoms with van der Waals surface area (Å²) in [6, 6.07) is 16.2. The van der Waals surface area contributed by atoms with E-state index >= 15 is 0 Å². The van der Waals surface area contributed by atoms with E-state index < -0.39 is 6.10 Å². The van der Waals surface area contributed by atoms with Crippen molar-refractivity contribution in [2.24, 2.45) is 0 Å². The summed E-state index contributed by atoms with van der Waals surface area (Å²) in [5.74, 6) is 1.56. The van der Waals surface area contributed by atoms with Gasteiger partial charge in [0.15, 0.2) is 6.10 Å². The molecular formula is C20H25NO2S. The van der Waals surface area contributed by atoms with Crippen molar-refractivity contribution in [3.8, 4) is 5.75 Å². The van der Waals surface area contributed by atoms with Crippen LogP contribution in [-0.4, -0.2) is 24.3 Å². The number of aryl methyl sites for hydroxylation is 2. The molecule has 1 atom stereocenters. The van der Waals surface area contributed by atoms with Crippen LogP contribution in [0.4, 0.5) is 0 Å². The van der Waals surface area contributed by atoms with Crippen LogP contribution in [0.25, 0.3) is 0 Å². The van der Waals surface area contributed by atoms with Gasteiger partial charge in [0, 0.05) is 17.2 Å². The summed E-state index contributed by atoms with van der Waals surface area (Å²) >= 11 is 1.74. The van der Waals surface area contributed by atoms with E-state index in [9.17, 15) is 4.79 Å². The van der Waals surface area contributed by atoms with Crippen molar-refractivity contribution in [2.75, 3.05) is 12.3 Å². The molecule has 0 aliphatic carbocycles. The summed E-state index contributed by atoms with van der Waals surface area (Å²) in [7, 11) is 0. The van der Waals surface area contributed by atoms with Crippen molar-refractivity contribution in [2.45, 2.75) is 38.2 Å². The fourth-order valence-corrected chi connectivity index (χ4v) is 3.02. The first-order chi connectivity index (χ1) is 11.6. The van der Waals surface area contributed by atoms with Crippen molar-refractivity contribution >= 4 is 17.7 Å². The Kier molecular flexibility index (Phi) is 7.19. The van der Waals surface area contributed by atoms with Crippen LogP contribution in [0, 0.1) is 13.8 Å². The Labute approximate surface area is 148 Å². The van der Waals surface area contributed by atoms with E-state index in [0.717, 1.165) is 17.1 Å². The molecular weight excluding hydrogens is 318 g/mol. The number of rotatable bonds is 8. The van der Waals surface area contributed by atoms with Gasteiger partial charge in [-0.05, 0) is 44.0 Å². The number of benzene rings is 2. The molecule has 2 aromatic rings. The van der Waals surface area contributed by atoms with Gasteiger partial charge in [-0.2, -0.15) is 0 Å². The zero-order valence-corrected chi connectivity index (χ0v) is 15.4. The minimum atomic E-state index is -0.449. The maximum Gasteiger partial charge on any atom is 0.261 e. The molecule has 0 aromatic heterocycles. The highest BCUT2D eigenvalue weighted by molar-refractivity contribution is 7.99. The monoisotopic (exact) mass is 343 g/mol. The molecule has 0 saturated carbocycles. The third-order valence-corrected chi connectivity index (χ3v) is 4.73. The van der Waals surface area contributed by atoms with Crippen LogP contribution in [0.3, 0.4) is 0 Å². The average Bonchev–Trinajstić information content (AvgIpc) is 2.59. The van der Waals surface area contributed by atoms with Crippen molar-refractivity contribution in [1.82, 2.24) is 5.32 Å². The van der Waals surface area contributed by atoms with Crippen LogP contribution in [0.2, 0.25) is 0 Å². The lowest BCUT2D eigenvalue weighted by atomic mass is 10.2. The van der Waals surface area contributed by atoms with Crippen molar-refractivity contribution in [1.29, 1.82) is 0 Å². The maximum absolute atomic E-state index is 12.3. The lowest BCUT2D eigenvalue weighted by Gasteiger charge is -2.18. The van der Waals surface area contributed by atoms with E-state index in [1.807, 2.05) is 38.1 Å². The summed E-state index contributed by atoms with van der Waals surface area (Å²) in [6.45, 7) is 6.65. The molecule has 0 aliphatic rings. The van der Waals surface area contributed by atoms with Gasteiger partial charge in [0.25, 0.3) is 5.91 Å². The molecule has 2 aromatic carbocycles. The average molecular weight is 343 g/mol. The zero-order valence-electron chi connectivity index (χ0n) is 14.5. The molecule has 0 bridgehead atoms. The highest BCUT2D eigenvalue weighted by Gasteiger charge is 2.18. The standard InChI is InChI=1S/C20H25NO2S/c1-4-18(23-19-8-6-5-7-16(19)3)20(22)21-13-14-24-17-11-9-15(2)10-12-17/h5-12,18H,4,13-14H2,1-3H3,(H,21,22). The molecule has 1 unspecified atom stereocenters. The number of amides is 1. The van der Waals surface area contributed by atoms with E-state index in [1.54, 1.807) is 11.8 Å². The van der Waals surface area contributed by atoms with Gasteiger partial charge in [0.2, 0.25) is 0 Å². The fourth-order valence-electron chi connectivity index (χ4n) is 2.26. The second-order valence-corrected chi connectivity index (χ2v) is 6.90. The molecule has 1 N–H and O–H groups in total. The Balaban J connectivity index is 1.77. The summed E-state index contributed by atoms with van der Waals surface area (Å²) in [4.78, 5) is 13.5. The predicted octanol–water partition coefficient (Wildman–Crippen LogP) is 4.37. The van der Waals surface area contributed by atoms with Crippen LogP contribution in [-0.2, 0) is 4.79 Å². The number of carbonyl (C=O) groups excluding carboxylic acids is 1. The number of carbonyl (C=O) groups is 1. The van der Waals surface area contributed by atoms with E-state index in [2.05, 4.69) is 36.5 Å². The first kappa shape index (κ1) is 18.4. The Morgan fingerprint density at radius 3 is 2.50 bits per heavy atom. The minimum absolute atomic E-state index is 0.0507. The van der Waals surface area contributed by atoms with Gasteiger partial charge in [0.05, 0.1) is 0 Å². The number of nitrogens with one attached hydrogen (secondary N) is 1. The Bertz CT molecular complexity index is 655. The van der Waals surface area contributed by atoms with Gasteiger partial charge in [-0.1, -0.05) is 42.8 Å². The van der Waals surface area contributed by atoms with Gasteiger partial charge in [-0.15, -0.1) is 11.8 Å². The van der Waals surface area contributed by atoms with Crippen LogP contribution in [0.5, 0.6) is 5.75 Å². The lowest BCUT2D eigenvalue weighted by Crippen LogP contribution is -2.39. The SMILES string of the molecule is CCC(Oc1ccccc1C)C(=O)NCCSc1ccc(C)cc1. The Morgan fingerprint density at radius 1 is 1.12 bits per heavy atom. The Hall–Kier alpha value is -1.94. The second-order valence-electron chi connectivity index (χ2n) is 5.73. The van der Waals surface area contributed by atoms with Gasteiger partial charge in [-0.3, -0.25) is 4.79 Å². The summed E-state index contributed by atoms with van der Waals surface area (Å²) in [5.41, 5.74) is 2.30. The van der Waals surface area contributed by atoms with E-state index in [0.29, 0.717) is 13.0 Å². The highest BCUT2D eigenvalue weighted by Crippen LogP contribution is 2.19. The number of para-hydroxylation sites is 1. The molecule has 4 heteroatoms. The molecule has 1 amide bonds. The number of hydrogen-bond acceptors (Lipinski definition) is 3. The molecule has 0 aliphatic heterocycles. The van der Waals surface area contributed by atoms with E-state index in [1.165, 1.54) is 10.5 Å². The fraction of sp³-hybridized carbons (Fsp3) is 0.350. The van der Waals surface area contributed by atoms with E-state index in [-0.39, 0.29) is 5.91 Å². The molecule has 0 radical (unpaired) electrons. The molecule has 0 heterocycles. The normalized spacial score (nSPS) is 11.8. The molecule has 0 saturated heterocycles. The van der Waals surface area contributed by atoms with Crippen LogP contribution >= 0.6 is 11.8 Å². The molecule has 3 nitrogen and oxygen atoms in total. The third-order valence-electron chi connectivity index (χ3n) is 3.72. The number of hydrogen-bond donors (Lipinski definition) is 1. The van der Waals surface area contributed by atoms with Crippen molar-refractivity contribution in [3.63, 3.8) is 0 Å². The summed E-state index contributed by atoms with van der Waals surface area (Å²) in [6.07, 6.45) is 0.195. The zero-order chi connectivity index (χ0) is 17.4. The van der Waals surface area contributed by atoms with Gasteiger partial charge in [-0.25, -0.2) is 0 Å². The molecule has 0 fully saturated rings. The van der Waals surface area contributed by atoms with Gasteiger partial charge < -0.3 is 10.1 Å². The summed E-state index contributed by atoms with van der Waals surface area (Å²) < 4.78 is 5.87. The third kappa shape index (κ3) is 5.60. The molecule has 2 rings (SSSR count). The number of ether oxygens (including phenoxy) is 1. The second kappa shape index (κ2) is 9.38.